The van der Waals surface area contributed by atoms with E-state index in [-0.39, 0.29) is 30.7 Å². The van der Waals surface area contributed by atoms with Gasteiger partial charge in [-0.1, -0.05) is 18.2 Å². The van der Waals surface area contributed by atoms with Gasteiger partial charge in [0, 0.05) is 18.8 Å². The van der Waals surface area contributed by atoms with Gasteiger partial charge in [-0.05, 0) is 68.4 Å². The van der Waals surface area contributed by atoms with E-state index >= 15 is 0 Å². The number of nitrogens with zero attached hydrogens (tertiary/aromatic N) is 2. The van der Waals surface area contributed by atoms with E-state index in [0.717, 1.165) is 0 Å². The van der Waals surface area contributed by atoms with Crippen LogP contribution in [0.2, 0.25) is 0 Å². The maximum Gasteiger partial charge on any atom is 0.338 e. The van der Waals surface area contributed by atoms with Gasteiger partial charge >= 0.3 is 5.97 Å². The highest BCUT2D eigenvalue weighted by Gasteiger charge is 2.42. The minimum Gasteiger partial charge on any atom is -0.462 e. The summed E-state index contributed by atoms with van der Waals surface area (Å²) >= 11 is 5.47. The summed E-state index contributed by atoms with van der Waals surface area (Å²) in [5, 5.41) is 3.09. The first-order valence-corrected chi connectivity index (χ1v) is 11.2. The van der Waals surface area contributed by atoms with Crippen LogP contribution in [0.3, 0.4) is 0 Å². The molecule has 0 bridgehead atoms. The van der Waals surface area contributed by atoms with Crippen LogP contribution in [0.25, 0.3) is 0 Å². The molecule has 7 nitrogen and oxygen atoms in total. The van der Waals surface area contributed by atoms with Crippen LogP contribution < -0.4 is 5.32 Å². The molecule has 1 aliphatic heterocycles. The number of amides is 2. The Labute approximate surface area is 197 Å². The van der Waals surface area contributed by atoms with E-state index < -0.39 is 12.0 Å². The van der Waals surface area contributed by atoms with Gasteiger partial charge in [-0.2, -0.15) is 0 Å². The Bertz CT molecular complexity index is 1040. The number of hydrogen-bond donors (Lipinski definition) is 1. The van der Waals surface area contributed by atoms with E-state index in [1.807, 2.05) is 6.92 Å². The Morgan fingerprint density at radius 3 is 2.45 bits per heavy atom. The number of hydrogen-bond acceptors (Lipinski definition) is 5. The molecule has 1 fully saturated rings. The number of halogens is 1. The highest BCUT2D eigenvalue weighted by atomic mass is 32.1. The summed E-state index contributed by atoms with van der Waals surface area (Å²) in [7, 11) is 0. The van der Waals surface area contributed by atoms with Crippen LogP contribution in [-0.2, 0) is 20.7 Å². The number of benzene rings is 2. The second-order valence-electron chi connectivity index (χ2n) is 7.47. The highest BCUT2D eigenvalue weighted by Crippen LogP contribution is 2.22. The van der Waals surface area contributed by atoms with Gasteiger partial charge in [0.05, 0.1) is 18.6 Å². The molecule has 2 aromatic carbocycles. The lowest BCUT2D eigenvalue weighted by Crippen LogP contribution is -2.39. The zero-order valence-electron chi connectivity index (χ0n) is 18.5. The molecule has 2 aromatic rings. The molecule has 1 N–H and O–H groups in total. The third-order valence-corrected chi connectivity index (χ3v) is 5.81. The number of anilines is 1. The molecular formula is C24H26FN3O4S. The van der Waals surface area contributed by atoms with Crippen molar-refractivity contribution in [1.82, 2.24) is 9.80 Å². The lowest BCUT2D eigenvalue weighted by atomic mass is 10.1. The molecule has 0 unspecified atom stereocenters. The van der Waals surface area contributed by atoms with Crippen LogP contribution in [0.5, 0.6) is 0 Å². The molecular weight excluding hydrogens is 445 g/mol. The zero-order valence-corrected chi connectivity index (χ0v) is 19.4. The van der Waals surface area contributed by atoms with Gasteiger partial charge in [0.2, 0.25) is 5.91 Å². The third kappa shape index (κ3) is 5.73. The second-order valence-corrected chi connectivity index (χ2v) is 7.83. The van der Waals surface area contributed by atoms with Crippen molar-refractivity contribution in [3.8, 4) is 0 Å². The van der Waals surface area contributed by atoms with Gasteiger partial charge in [0.1, 0.15) is 11.9 Å². The number of carbonyl (C=O) groups is 3. The Balaban J connectivity index is 1.67. The Morgan fingerprint density at radius 2 is 1.82 bits per heavy atom. The molecule has 1 atom stereocenters. The van der Waals surface area contributed by atoms with E-state index in [2.05, 4.69) is 5.32 Å². The second kappa shape index (κ2) is 11.0. The van der Waals surface area contributed by atoms with Crippen LogP contribution in [0.1, 0.15) is 36.2 Å². The fraction of sp³-hybridized carbons (Fsp3) is 0.333. The third-order valence-electron chi connectivity index (χ3n) is 5.36. The Kier molecular flexibility index (Phi) is 8.11. The molecule has 3 rings (SSSR count). The van der Waals surface area contributed by atoms with Crippen LogP contribution >= 0.6 is 12.2 Å². The predicted octanol–water partition coefficient (Wildman–Crippen LogP) is 3.39. The Hall–Kier alpha value is -3.33. The van der Waals surface area contributed by atoms with Gasteiger partial charge < -0.3 is 15.0 Å². The van der Waals surface area contributed by atoms with Gasteiger partial charge in [0.25, 0.3) is 5.91 Å². The van der Waals surface area contributed by atoms with Crippen molar-refractivity contribution >= 4 is 40.8 Å². The molecule has 174 valence electrons. The summed E-state index contributed by atoms with van der Waals surface area (Å²) in [6.07, 6.45) is 0.247. The number of carbonyl (C=O) groups excluding carboxylic acids is 3. The van der Waals surface area contributed by atoms with Gasteiger partial charge in [-0.3, -0.25) is 14.5 Å². The van der Waals surface area contributed by atoms with Crippen LogP contribution in [0, 0.1) is 5.82 Å². The van der Waals surface area contributed by atoms with Gasteiger partial charge in [-0.25, -0.2) is 9.18 Å². The fourth-order valence-electron chi connectivity index (χ4n) is 3.67. The molecule has 0 saturated carbocycles. The van der Waals surface area contributed by atoms with Crippen LogP contribution in [-0.4, -0.2) is 58.4 Å². The first-order chi connectivity index (χ1) is 15.8. The Morgan fingerprint density at radius 1 is 1.12 bits per heavy atom. The van der Waals surface area contributed by atoms with Crippen LogP contribution in [0.15, 0.2) is 48.5 Å². The number of esters is 1. The number of nitrogens with one attached hydrogen (secondary N) is 1. The summed E-state index contributed by atoms with van der Waals surface area (Å²) in [5.74, 6) is -1.37. The number of thiocarbonyl (C=S) groups is 1. The summed E-state index contributed by atoms with van der Waals surface area (Å²) in [5.41, 5.74) is 1.39. The van der Waals surface area contributed by atoms with E-state index in [9.17, 15) is 18.8 Å². The predicted molar refractivity (Wildman–Crippen MR) is 126 cm³/mol. The summed E-state index contributed by atoms with van der Waals surface area (Å²) in [6, 6.07) is 12.0. The number of ether oxygens (including phenoxy) is 1. The van der Waals surface area contributed by atoms with Crippen molar-refractivity contribution in [3.05, 3.63) is 65.5 Å². The first kappa shape index (κ1) is 24.3. The lowest BCUT2D eigenvalue weighted by molar-refractivity contribution is -0.130. The summed E-state index contributed by atoms with van der Waals surface area (Å²) in [4.78, 5) is 40.5. The maximum atomic E-state index is 14.0. The normalized spacial score (nSPS) is 15.7. The first-order valence-electron chi connectivity index (χ1n) is 10.8. The van der Waals surface area contributed by atoms with E-state index in [0.29, 0.717) is 41.4 Å². The van der Waals surface area contributed by atoms with E-state index in [1.54, 1.807) is 54.3 Å². The monoisotopic (exact) mass is 471 g/mol. The van der Waals surface area contributed by atoms with E-state index in [4.69, 9.17) is 17.0 Å². The maximum absolute atomic E-state index is 14.0. The molecule has 2 amide bonds. The molecule has 1 saturated heterocycles. The van der Waals surface area contributed by atoms with Gasteiger partial charge in [-0.15, -0.1) is 0 Å². The van der Waals surface area contributed by atoms with Crippen molar-refractivity contribution in [3.63, 3.8) is 0 Å². The quantitative estimate of drug-likeness (QED) is 0.446. The van der Waals surface area contributed by atoms with Crippen LogP contribution in [0.4, 0.5) is 10.1 Å². The average molecular weight is 472 g/mol. The summed E-state index contributed by atoms with van der Waals surface area (Å²) in [6.45, 7) is 4.51. The number of rotatable bonds is 9. The van der Waals surface area contributed by atoms with Crippen molar-refractivity contribution < 1.29 is 23.5 Å². The van der Waals surface area contributed by atoms with Crippen molar-refractivity contribution in [2.24, 2.45) is 0 Å². The van der Waals surface area contributed by atoms with E-state index in [1.165, 1.54) is 11.0 Å². The zero-order chi connectivity index (χ0) is 24.0. The van der Waals surface area contributed by atoms with Gasteiger partial charge in [0.15, 0.2) is 5.11 Å². The molecule has 33 heavy (non-hydrogen) atoms. The minimum absolute atomic E-state index is 0.105. The SMILES string of the molecule is CCOC(=O)c1ccc(NC(=O)C[C@@H]2C(=O)N(CC)C(=S)N2CCc2ccccc2F)cc1. The molecule has 9 heteroatoms. The molecule has 1 aliphatic rings. The van der Waals surface area contributed by atoms with Crippen molar-refractivity contribution in [2.75, 3.05) is 25.0 Å². The largest absolute Gasteiger partial charge is 0.462 e. The molecule has 0 aromatic heterocycles. The molecule has 0 aliphatic carbocycles. The summed E-state index contributed by atoms with van der Waals surface area (Å²) < 4.78 is 19.0. The number of likely N-dealkylation sites (N-methyl/N-ethyl adjacent to an activating group) is 1. The molecule has 1 heterocycles. The standard InChI is InChI=1S/C24H26FN3O4S/c1-3-27-22(30)20(28(24(27)33)14-13-16-7-5-6-8-19(16)25)15-21(29)26-18-11-9-17(10-12-18)23(31)32-4-2/h5-12,20H,3-4,13-15H2,1-2H3,(H,26,29)/t20-/m1/s1. The molecule has 0 radical (unpaired) electrons. The molecule has 0 spiro atoms. The topological polar surface area (TPSA) is 78.9 Å². The van der Waals surface area contributed by atoms with Crippen molar-refractivity contribution in [2.45, 2.75) is 32.7 Å². The lowest BCUT2D eigenvalue weighted by Gasteiger charge is -2.24. The van der Waals surface area contributed by atoms with Crippen molar-refractivity contribution in [1.29, 1.82) is 0 Å². The highest BCUT2D eigenvalue weighted by molar-refractivity contribution is 7.80. The fourth-order valence-corrected chi connectivity index (χ4v) is 4.11. The minimum atomic E-state index is -0.761. The average Bonchev–Trinajstić information content (AvgIpc) is 3.02. The smallest absolute Gasteiger partial charge is 0.338 e.